The molecule has 3 N–H and O–H groups in total. The maximum atomic E-state index is 11.6. The number of hydrogen-bond donors (Lipinski definition) is 2. The predicted molar refractivity (Wildman–Crippen MR) is 68.1 cm³/mol. The number of carbonyl (C=O) groups is 2. The van der Waals surface area contributed by atoms with Gasteiger partial charge in [-0.1, -0.05) is 0 Å². The standard InChI is InChI=1S/C12H23N3O3/c1-14-6-3-4-9(8-14)5-7-15(2)11(16)10(13)12(17)18/h9-10H,3-8,13H2,1-2H3,(H,17,18). The summed E-state index contributed by atoms with van der Waals surface area (Å²) in [5, 5.41) is 8.67. The van der Waals surface area contributed by atoms with Crippen molar-refractivity contribution < 1.29 is 14.7 Å². The van der Waals surface area contributed by atoms with Crippen LogP contribution in [0.1, 0.15) is 19.3 Å². The van der Waals surface area contributed by atoms with E-state index in [2.05, 4.69) is 11.9 Å². The number of aliphatic carboxylic acids is 1. The molecule has 1 amide bonds. The molecule has 0 radical (unpaired) electrons. The number of carboxylic acids is 1. The summed E-state index contributed by atoms with van der Waals surface area (Å²) >= 11 is 0. The van der Waals surface area contributed by atoms with Gasteiger partial charge < -0.3 is 20.6 Å². The Morgan fingerprint density at radius 2 is 2.22 bits per heavy atom. The van der Waals surface area contributed by atoms with E-state index in [1.807, 2.05) is 0 Å². The molecule has 0 aromatic rings. The van der Waals surface area contributed by atoms with Gasteiger partial charge in [-0.05, 0) is 38.8 Å². The fourth-order valence-electron chi connectivity index (χ4n) is 2.34. The van der Waals surface area contributed by atoms with Crippen molar-refractivity contribution in [2.45, 2.75) is 25.3 Å². The Morgan fingerprint density at radius 1 is 1.56 bits per heavy atom. The highest BCUT2D eigenvalue weighted by Gasteiger charge is 2.25. The SMILES string of the molecule is CN1CCCC(CCN(C)C(=O)C(N)C(=O)O)C1. The van der Waals surface area contributed by atoms with Gasteiger partial charge >= 0.3 is 5.97 Å². The van der Waals surface area contributed by atoms with E-state index in [9.17, 15) is 9.59 Å². The molecule has 0 aromatic carbocycles. The van der Waals surface area contributed by atoms with E-state index in [-0.39, 0.29) is 0 Å². The molecule has 1 fully saturated rings. The number of carboxylic acid groups (broad SMARTS) is 1. The van der Waals surface area contributed by atoms with Gasteiger partial charge in [0, 0.05) is 20.1 Å². The van der Waals surface area contributed by atoms with Crippen LogP contribution in [0.5, 0.6) is 0 Å². The highest BCUT2D eigenvalue weighted by atomic mass is 16.4. The molecule has 1 aliphatic heterocycles. The molecular weight excluding hydrogens is 234 g/mol. The summed E-state index contributed by atoms with van der Waals surface area (Å²) in [5.74, 6) is -1.21. The molecule has 6 nitrogen and oxygen atoms in total. The van der Waals surface area contributed by atoms with Crippen LogP contribution in [-0.2, 0) is 9.59 Å². The van der Waals surface area contributed by atoms with E-state index in [1.165, 1.54) is 17.7 Å². The molecule has 18 heavy (non-hydrogen) atoms. The first-order chi connectivity index (χ1) is 8.41. The number of nitrogens with zero attached hydrogens (tertiary/aromatic N) is 2. The van der Waals surface area contributed by atoms with E-state index in [0.717, 1.165) is 19.5 Å². The van der Waals surface area contributed by atoms with Crippen LogP contribution in [0.15, 0.2) is 0 Å². The first kappa shape index (κ1) is 14.9. The highest BCUT2D eigenvalue weighted by molar-refractivity contribution is 6.00. The first-order valence-corrected chi connectivity index (χ1v) is 6.33. The lowest BCUT2D eigenvalue weighted by Crippen LogP contribution is -2.47. The van der Waals surface area contributed by atoms with Crippen LogP contribution in [-0.4, -0.2) is 66.6 Å². The Bertz CT molecular complexity index is 309. The Hall–Kier alpha value is -1.14. The molecule has 0 bridgehead atoms. The van der Waals surface area contributed by atoms with Crippen LogP contribution < -0.4 is 5.73 Å². The van der Waals surface area contributed by atoms with Crippen molar-refractivity contribution in [2.75, 3.05) is 33.7 Å². The van der Waals surface area contributed by atoms with Crippen molar-refractivity contribution in [2.24, 2.45) is 11.7 Å². The summed E-state index contributed by atoms with van der Waals surface area (Å²) in [6.45, 7) is 2.75. The normalized spacial score (nSPS) is 22.5. The Balaban J connectivity index is 2.34. The van der Waals surface area contributed by atoms with E-state index in [0.29, 0.717) is 12.5 Å². The van der Waals surface area contributed by atoms with Crippen LogP contribution in [0, 0.1) is 5.92 Å². The summed E-state index contributed by atoms with van der Waals surface area (Å²) in [6.07, 6.45) is 3.27. The van der Waals surface area contributed by atoms with Gasteiger partial charge in [0.15, 0.2) is 6.04 Å². The number of hydrogen-bond acceptors (Lipinski definition) is 4. The quantitative estimate of drug-likeness (QED) is 0.654. The van der Waals surface area contributed by atoms with Gasteiger partial charge in [0.1, 0.15) is 0 Å². The lowest BCUT2D eigenvalue weighted by Gasteiger charge is -2.31. The highest BCUT2D eigenvalue weighted by Crippen LogP contribution is 2.18. The van der Waals surface area contributed by atoms with Crippen LogP contribution in [0.25, 0.3) is 0 Å². The average molecular weight is 257 g/mol. The maximum absolute atomic E-state index is 11.6. The third-order valence-corrected chi connectivity index (χ3v) is 3.50. The lowest BCUT2D eigenvalue weighted by molar-refractivity contribution is -0.146. The van der Waals surface area contributed by atoms with Gasteiger partial charge in [-0.3, -0.25) is 4.79 Å². The minimum absolute atomic E-state index is 0.522. The number of rotatable bonds is 5. The van der Waals surface area contributed by atoms with Crippen LogP contribution in [0.3, 0.4) is 0 Å². The maximum Gasteiger partial charge on any atom is 0.330 e. The average Bonchev–Trinajstić information content (AvgIpc) is 2.34. The van der Waals surface area contributed by atoms with Crippen molar-refractivity contribution in [3.8, 4) is 0 Å². The summed E-state index contributed by atoms with van der Waals surface area (Å²) in [4.78, 5) is 26.0. The number of likely N-dealkylation sites (N-methyl/N-ethyl adjacent to an activating group) is 1. The van der Waals surface area contributed by atoms with Gasteiger partial charge in [-0.25, -0.2) is 4.79 Å². The van der Waals surface area contributed by atoms with E-state index in [1.54, 1.807) is 7.05 Å². The lowest BCUT2D eigenvalue weighted by atomic mass is 9.95. The third-order valence-electron chi connectivity index (χ3n) is 3.50. The second kappa shape index (κ2) is 6.70. The largest absolute Gasteiger partial charge is 0.480 e. The van der Waals surface area contributed by atoms with E-state index in [4.69, 9.17) is 10.8 Å². The second-order valence-corrected chi connectivity index (χ2v) is 5.13. The minimum atomic E-state index is -1.44. The molecular formula is C12H23N3O3. The number of nitrogens with two attached hydrogens (primary N) is 1. The molecule has 104 valence electrons. The van der Waals surface area contributed by atoms with Gasteiger partial charge in [0.05, 0.1) is 0 Å². The number of likely N-dealkylation sites (tertiary alicyclic amines) is 1. The molecule has 0 aromatic heterocycles. The van der Waals surface area contributed by atoms with Crippen LogP contribution >= 0.6 is 0 Å². The molecule has 2 unspecified atom stereocenters. The van der Waals surface area contributed by atoms with Crippen molar-refractivity contribution >= 4 is 11.9 Å². The Morgan fingerprint density at radius 3 is 2.78 bits per heavy atom. The zero-order chi connectivity index (χ0) is 13.7. The Kier molecular flexibility index (Phi) is 5.55. The van der Waals surface area contributed by atoms with Crippen LogP contribution in [0.2, 0.25) is 0 Å². The topological polar surface area (TPSA) is 86.9 Å². The van der Waals surface area contributed by atoms with Gasteiger partial charge in [-0.2, -0.15) is 0 Å². The molecule has 1 saturated heterocycles. The molecule has 0 spiro atoms. The fourth-order valence-corrected chi connectivity index (χ4v) is 2.34. The molecule has 0 saturated carbocycles. The molecule has 1 heterocycles. The molecule has 6 heteroatoms. The molecule has 0 aliphatic carbocycles. The smallest absolute Gasteiger partial charge is 0.330 e. The minimum Gasteiger partial charge on any atom is -0.480 e. The first-order valence-electron chi connectivity index (χ1n) is 6.33. The molecule has 2 atom stereocenters. The molecule has 1 rings (SSSR count). The van der Waals surface area contributed by atoms with Crippen molar-refractivity contribution in [1.29, 1.82) is 0 Å². The van der Waals surface area contributed by atoms with Crippen molar-refractivity contribution in [3.05, 3.63) is 0 Å². The zero-order valence-electron chi connectivity index (χ0n) is 11.1. The number of piperidine rings is 1. The second-order valence-electron chi connectivity index (χ2n) is 5.13. The summed E-state index contributed by atoms with van der Waals surface area (Å²) < 4.78 is 0. The monoisotopic (exact) mass is 257 g/mol. The van der Waals surface area contributed by atoms with Gasteiger partial charge in [-0.15, -0.1) is 0 Å². The summed E-state index contributed by atoms with van der Waals surface area (Å²) in [7, 11) is 3.71. The third kappa shape index (κ3) is 4.27. The zero-order valence-corrected chi connectivity index (χ0v) is 11.1. The summed E-state index contributed by atoms with van der Waals surface area (Å²) in [6, 6.07) is -1.44. The van der Waals surface area contributed by atoms with Crippen molar-refractivity contribution in [3.63, 3.8) is 0 Å². The van der Waals surface area contributed by atoms with E-state index < -0.39 is 17.9 Å². The fraction of sp³-hybridized carbons (Fsp3) is 0.833. The van der Waals surface area contributed by atoms with Gasteiger partial charge in [0.2, 0.25) is 0 Å². The molecule has 1 aliphatic rings. The summed E-state index contributed by atoms with van der Waals surface area (Å²) in [5.41, 5.74) is 5.29. The van der Waals surface area contributed by atoms with Crippen molar-refractivity contribution in [1.82, 2.24) is 9.80 Å². The number of amides is 1. The predicted octanol–water partition coefficient (Wildman–Crippen LogP) is -0.411. The van der Waals surface area contributed by atoms with Gasteiger partial charge in [0.25, 0.3) is 5.91 Å². The Labute approximate surface area is 108 Å². The number of carbonyl (C=O) groups excluding carboxylic acids is 1. The van der Waals surface area contributed by atoms with E-state index >= 15 is 0 Å². The van der Waals surface area contributed by atoms with Crippen LogP contribution in [0.4, 0.5) is 0 Å².